The molecule has 0 bridgehead atoms. The van der Waals surface area contributed by atoms with Crippen molar-refractivity contribution in [1.82, 2.24) is 24.4 Å². The molecule has 3 aromatic heterocycles. The van der Waals surface area contributed by atoms with Crippen LogP contribution in [0, 0.1) is 6.92 Å². The van der Waals surface area contributed by atoms with Crippen molar-refractivity contribution in [2.24, 2.45) is 0 Å². The van der Waals surface area contributed by atoms with Crippen molar-refractivity contribution >= 4 is 40.7 Å². The van der Waals surface area contributed by atoms with Gasteiger partial charge in [0.05, 0.1) is 24.8 Å². The van der Waals surface area contributed by atoms with E-state index in [0.717, 1.165) is 42.3 Å². The van der Waals surface area contributed by atoms with Crippen molar-refractivity contribution in [2.45, 2.75) is 45.6 Å². The third kappa shape index (κ3) is 5.13. The number of fused-ring (bicyclic) bond motifs is 1. The summed E-state index contributed by atoms with van der Waals surface area (Å²) in [4.78, 5) is 42.1. The molecule has 1 saturated carbocycles. The molecule has 0 aromatic carbocycles. The number of hydrogen-bond donors (Lipinski definition) is 2. The molecule has 2 fully saturated rings. The Morgan fingerprint density at radius 2 is 1.92 bits per heavy atom. The van der Waals surface area contributed by atoms with Crippen molar-refractivity contribution in [1.29, 1.82) is 0 Å². The number of ether oxygens (including phenoxy) is 1. The molecule has 38 heavy (non-hydrogen) atoms. The summed E-state index contributed by atoms with van der Waals surface area (Å²) in [5, 5.41) is 13.2. The number of pyridine rings is 2. The number of piperazine rings is 1. The number of nitrogens with zero attached hydrogens (tertiary/aromatic N) is 6. The average molecular weight is 520 g/mol. The van der Waals surface area contributed by atoms with Crippen molar-refractivity contribution in [2.75, 3.05) is 43.0 Å². The Balaban J connectivity index is 1.42. The molecule has 1 saturated heterocycles. The lowest BCUT2D eigenvalue weighted by molar-refractivity contribution is 0.142. The van der Waals surface area contributed by atoms with E-state index < -0.39 is 6.09 Å². The van der Waals surface area contributed by atoms with Gasteiger partial charge < -0.3 is 25.0 Å². The quantitative estimate of drug-likeness (QED) is 0.443. The minimum atomic E-state index is -0.885. The fourth-order valence-electron chi connectivity index (χ4n) is 5.24. The maximum Gasteiger partial charge on any atom is 0.407 e. The average Bonchev–Trinajstić information content (AvgIpc) is 3.46. The molecular weight excluding hydrogens is 486 g/mol. The molecule has 0 spiro atoms. The van der Waals surface area contributed by atoms with Crippen molar-refractivity contribution in [3.05, 3.63) is 52.3 Å². The van der Waals surface area contributed by atoms with Crippen LogP contribution in [0.15, 0.2) is 35.6 Å². The number of anilines is 3. The molecule has 2 aliphatic rings. The molecule has 5 rings (SSSR count). The zero-order valence-electron chi connectivity index (χ0n) is 21.8. The molecular formula is C27H33N7O4. The lowest BCUT2D eigenvalue weighted by Crippen LogP contribution is -2.48. The summed E-state index contributed by atoms with van der Waals surface area (Å²) in [6, 6.07) is 3.90. The first-order valence-corrected chi connectivity index (χ1v) is 13.1. The summed E-state index contributed by atoms with van der Waals surface area (Å²) in [5.74, 6) is 0.955. The van der Waals surface area contributed by atoms with Gasteiger partial charge in [-0.05, 0) is 50.5 Å². The molecule has 0 atom stereocenters. The van der Waals surface area contributed by atoms with Gasteiger partial charge in [0, 0.05) is 49.4 Å². The van der Waals surface area contributed by atoms with E-state index in [1.54, 1.807) is 24.7 Å². The van der Waals surface area contributed by atoms with E-state index in [-0.39, 0.29) is 11.6 Å². The van der Waals surface area contributed by atoms with E-state index in [9.17, 15) is 9.59 Å². The number of hydrogen-bond acceptors (Lipinski definition) is 8. The number of rotatable bonds is 7. The van der Waals surface area contributed by atoms with Crippen molar-refractivity contribution in [3.8, 4) is 0 Å². The van der Waals surface area contributed by atoms with Gasteiger partial charge in [-0.2, -0.15) is 4.98 Å². The normalized spacial score (nSPS) is 16.5. The first kappa shape index (κ1) is 25.5. The molecule has 0 unspecified atom stereocenters. The fraction of sp³-hybridized carbons (Fsp3) is 0.444. The SMILES string of the molecule is CCOC=Cc1c(C)c2cnc(Nc3ccc(N4CCN(C(=O)O)CC4)cn3)nc2n(C2CCCC2)c1=O. The van der Waals surface area contributed by atoms with Crippen molar-refractivity contribution < 1.29 is 14.6 Å². The Bertz CT molecular complexity index is 1390. The highest BCUT2D eigenvalue weighted by Gasteiger charge is 2.24. The van der Waals surface area contributed by atoms with Crippen LogP contribution in [-0.4, -0.2) is 68.4 Å². The number of carboxylic acid groups (broad SMARTS) is 1. The van der Waals surface area contributed by atoms with E-state index >= 15 is 0 Å². The summed E-state index contributed by atoms with van der Waals surface area (Å²) in [5.41, 5.74) is 2.92. The Hall–Kier alpha value is -4.15. The molecule has 3 aromatic rings. The van der Waals surface area contributed by atoms with E-state index in [1.165, 1.54) is 4.90 Å². The van der Waals surface area contributed by atoms with Gasteiger partial charge in [0.25, 0.3) is 5.56 Å². The highest BCUT2D eigenvalue weighted by atomic mass is 16.5. The minimum absolute atomic E-state index is 0.0621. The Morgan fingerprint density at radius 3 is 2.58 bits per heavy atom. The molecule has 0 radical (unpaired) electrons. The van der Waals surface area contributed by atoms with Gasteiger partial charge in [0.1, 0.15) is 11.5 Å². The summed E-state index contributed by atoms with van der Waals surface area (Å²) in [6.07, 6.45) is 10.0. The van der Waals surface area contributed by atoms with Crippen LogP contribution in [0.25, 0.3) is 17.1 Å². The van der Waals surface area contributed by atoms with E-state index in [0.29, 0.717) is 55.8 Å². The fourth-order valence-corrected chi connectivity index (χ4v) is 5.24. The highest BCUT2D eigenvalue weighted by molar-refractivity contribution is 5.83. The van der Waals surface area contributed by atoms with Crippen LogP contribution >= 0.6 is 0 Å². The summed E-state index contributed by atoms with van der Waals surface area (Å²) < 4.78 is 7.20. The van der Waals surface area contributed by atoms with Gasteiger partial charge in [-0.3, -0.25) is 9.36 Å². The van der Waals surface area contributed by atoms with Gasteiger partial charge in [0.2, 0.25) is 5.95 Å². The molecule has 4 heterocycles. The second kappa shape index (κ2) is 11.1. The molecule has 1 amide bonds. The van der Waals surface area contributed by atoms with Crippen molar-refractivity contribution in [3.63, 3.8) is 0 Å². The number of aryl methyl sites for hydroxylation is 1. The maximum atomic E-state index is 13.6. The Labute approximate surface area is 220 Å². The number of amides is 1. The lowest BCUT2D eigenvalue weighted by atomic mass is 10.1. The van der Waals surface area contributed by atoms with Crippen LogP contribution in [0.3, 0.4) is 0 Å². The van der Waals surface area contributed by atoms with Gasteiger partial charge in [-0.1, -0.05) is 12.8 Å². The molecule has 1 aliphatic carbocycles. The van der Waals surface area contributed by atoms with Crippen LogP contribution in [0.5, 0.6) is 0 Å². The summed E-state index contributed by atoms with van der Waals surface area (Å²) in [6.45, 7) is 6.52. The topological polar surface area (TPSA) is 126 Å². The van der Waals surface area contributed by atoms with Crippen LogP contribution < -0.4 is 15.8 Å². The predicted molar refractivity (Wildman–Crippen MR) is 146 cm³/mol. The molecule has 1 aliphatic heterocycles. The first-order valence-electron chi connectivity index (χ1n) is 13.1. The van der Waals surface area contributed by atoms with Crippen LogP contribution in [0.1, 0.15) is 49.8 Å². The lowest BCUT2D eigenvalue weighted by Gasteiger charge is -2.34. The molecule has 11 heteroatoms. The van der Waals surface area contributed by atoms with Crippen LogP contribution in [0.4, 0.5) is 22.2 Å². The van der Waals surface area contributed by atoms with Gasteiger partial charge in [0.15, 0.2) is 0 Å². The smallest absolute Gasteiger partial charge is 0.407 e. The second-order valence-corrected chi connectivity index (χ2v) is 9.62. The first-order chi connectivity index (χ1) is 18.5. The third-order valence-electron chi connectivity index (χ3n) is 7.34. The van der Waals surface area contributed by atoms with Crippen LogP contribution in [-0.2, 0) is 4.74 Å². The Morgan fingerprint density at radius 1 is 1.16 bits per heavy atom. The van der Waals surface area contributed by atoms with Gasteiger partial charge in [-0.25, -0.2) is 14.8 Å². The number of aromatic nitrogens is 4. The van der Waals surface area contributed by atoms with Gasteiger partial charge >= 0.3 is 6.09 Å². The number of nitrogens with one attached hydrogen (secondary N) is 1. The second-order valence-electron chi connectivity index (χ2n) is 9.62. The van der Waals surface area contributed by atoms with E-state index in [1.807, 2.05) is 30.5 Å². The molecule has 2 N–H and O–H groups in total. The maximum absolute atomic E-state index is 13.6. The van der Waals surface area contributed by atoms with E-state index in [4.69, 9.17) is 14.8 Å². The minimum Gasteiger partial charge on any atom is -0.501 e. The number of carbonyl (C=O) groups is 1. The van der Waals surface area contributed by atoms with Gasteiger partial charge in [-0.15, -0.1) is 0 Å². The van der Waals surface area contributed by atoms with E-state index in [2.05, 4.69) is 20.2 Å². The standard InChI is InChI=1S/C27H33N7O4/c1-3-38-15-10-21-18(2)22-17-29-26(31-24(22)34(25(21)35)19-6-4-5-7-19)30-23-9-8-20(16-28-23)32-11-13-33(14-12-32)27(36)37/h8-10,15-17,19H,3-7,11-14H2,1-2H3,(H,36,37)(H,28,29,30,31). The Kier molecular flexibility index (Phi) is 7.43. The molecule has 11 nitrogen and oxygen atoms in total. The third-order valence-corrected chi connectivity index (χ3v) is 7.34. The monoisotopic (exact) mass is 519 g/mol. The summed E-state index contributed by atoms with van der Waals surface area (Å²) in [7, 11) is 0. The zero-order chi connectivity index (χ0) is 26.6. The predicted octanol–water partition coefficient (Wildman–Crippen LogP) is 4.16. The highest BCUT2D eigenvalue weighted by Crippen LogP contribution is 2.32. The summed E-state index contributed by atoms with van der Waals surface area (Å²) >= 11 is 0. The zero-order valence-corrected chi connectivity index (χ0v) is 21.8. The van der Waals surface area contributed by atoms with Crippen LogP contribution in [0.2, 0.25) is 0 Å². The largest absolute Gasteiger partial charge is 0.501 e. The molecule has 200 valence electrons.